The highest BCUT2D eigenvalue weighted by Gasteiger charge is 2.19. The molecule has 94 valence electrons. The highest BCUT2D eigenvalue weighted by molar-refractivity contribution is 7.21. The fourth-order valence-electron chi connectivity index (χ4n) is 2.09. The second-order valence-corrected chi connectivity index (χ2v) is 5.33. The third kappa shape index (κ3) is 2.00. The van der Waals surface area contributed by atoms with Gasteiger partial charge in [0.15, 0.2) is 0 Å². The molecule has 0 bridgehead atoms. The smallest absolute Gasteiger partial charge is 0.346 e. The number of benzene rings is 1. The van der Waals surface area contributed by atoms with Gasteiger partial charge < -0.3 is 5.11 Å². The van der Waals surface area contributed by atoms with Gasteiger partial charge in [-0.15, -0.1) is 11.3 Å². The Bertz CT molecular complexity index is 759. The van der Waals surface area contributed by atoms with Crippen LogP contribution >= 0.6 is 11.3 Å². The van der Waals surface area contributed by atoms with Crippen molar-refractivity contribution >= 4 is 27.5 Å². The lowest BCUT2D eigenvalue weighted by Gasteiger charge is -2.02. The Balaban J connectivity index is 2.34. The first-order chi connectivity index (χ1) is 9.16. The molecule has 2 aromatic heterocycles. The van der Waals surface area contributed by atoms with E-state index in [1.165, 1.54) is 11.3 Å². The van der Waals surface area contributed by atoms with Crippen molar-refractivity contribution in [3.63, 3.8) is 0 Å². The number of fused-ring (bicyclic) bond motifs is 1. The molecule has 3 rings (SSSR count). The lowest BCUT2D eigenvalue weighted by molar-refractivity contribution is 0.0703. The molecule has 0 aliphatic carbocycles. The van der Waals surface area contributed by atoms with Gasteiger partial charge in [0.25, 0.3) is 0 Å². The van der Waals surface area contributed by atoms with E-state index in [2.05, 4.69) is 4.98 Å². The number of carbonyl (C=O) groups is 1. The van der Waals surface area contributed by atoms with Gasteiger partial charge in [-0.3, -0.25) is 0 Å². The molecular formula is C15H11NO2S. The third-order valence-corrected chi connectivity index (χ3v) is 4.10. The van der Waals surface area contributed by atoms with E-state index in [0.717, 1.165) is 26.9 Å². The summed E-state index contributed by atoms with van der Waals surface area (Å²) in [4.78, 5) is 16.8. The zero-order valence-electron chi connectivity index (χ0n) is 10.3. The number of rotatable bonds is 2. The van der Waals surface area contributed by atoms with E-state index < -0.39 is 5.97 Å². The molecule has 1 aromatic carbocycles. The Morgan fingerprint density at radius 2 is 1.95 bits per heavy atom. The zero-order chi connectivity index (χ0) is 13.4. The summed E-state index contributed by atoms with van der Waals surface area (Å²) < 4.78 is 0. The molecule has 1 N–H and O–H groups in total. The van der Waals surface area contributed by atoms with Gasteiger partial charge in [0.05, 0.1) is 0 Å². The van der Waals surface area contributed by atoms with Crippen molar-refractivity contribution in [1.82, 2.24) is 4.98 Å². The number of pyridine rings is 1. The summed E-state index contributed by atoms with van der Waals surface area (Å²) in [5, 5.41) is 10.3. The number of aromatic carboxylic acids is 1. The molecule has 0 saturated carbocycles. The van der Waals surface area contributed by atoms with E-state index in [-0.39, 0.29) is 0 Å². The van der Waals surface area contributed by atoms with Gasteiger partial charge in [0.1, 0.15) is 9.71 Å². The number of hydrogen-bond acceptors (Lipinski definition) is 3. The van der Waals surface area contributed by atoms with Crippen molar-refractivity contribution in [3.8, 4) is 11.1 Å². The van der Waals surface area contributed by atoms with Gasteiger partial charge in [-0.2, -0.15) is 0 Å². The second kappa shape index (κ2) is 4.48. The Morgan fingerprint density at radius 3 is 2.63 bits per heavy atom. The zero-order valence-corrected chi connectivity index (χ0v) is 11.1. The summed E-state index contributed by atoms with van der Waals surface area (Å²) in [6.07, 6.45) is 1.68. The van der Waals surface area contributed by atoms with E-state index in [4.69, 9.17) is 0 Å². The van der Waals surface area contributed by atoms with Crippen LogP contribution in [0.25, 0.3) is 21.3 Å². The molecule has 0 amide bonds. The van der Waals surface area contributed by atoms with Crippen molar-refractivity contribution in [2.24, 2.45) is 0 Å². The summed E-state index contributed by atoms with van der Waals surface area (Å²) in [6.45, 7) is 2.01. The number of thiophene rings is 1. The molecule has 3 aromatic rings. The standard InChI is InChI=1S/C15H11NO2S/c1-9-4-6-10(7-5-9)12-11-3-2-8-16-14(11)19-13(12)15(17)18/h2-8H,1H3,(H,17,18). The Labute approximate surface area is 114 Å². The fraction of sp³-hybridized carbons (Fsp3) is 0.0667. The summed E-state index contributed by atoms with van der Waals surface area (Å²) in [7, 11) is 0. The van der Waals surface area contributed by atoms with Gasteiger partial charge in [-0.25, -0.2) is 9.78 Å². The maximum atomic E-state index is 11.4. The van der Waals surface area contributed by atoms with Crippen LogP contribution in [0, 0.1) is 6.92 Å². The lowest BCUT2D eigenvalue weighted by atomic mass is 10.0. The third-order valence-electron chi connectivity index (χ3n) is 3.00. The van der Waals surface area contributed by atoms with Gasteiger partial charge in [-0.1, -0.05) is 29.8 Å². The van der Waals surface area contributed by atoms with E-state index in [0.29, 0.717) is 4.88 Å². The highest BCUT2D eigenvalue weighted by Crippen LogP contribution is 2.37. The van der Waals surface area contributed by atoms with Gasteiger partial charge in [0, 0.05) is 17.1 Å². The van der Waals surface area contributed by atoms with Crippen LogP contribution in [0.15, 0.2) is 42.6 Å². The monoisotopic (exact) mass is 269 g/mol. The Morgan fingerprint density at radius 1 is 1.21 bits per heavy atom. The predicted octanol–water partition coefficient (Wildman–Crippen LogP) is 3.97. The molecule has 4 heteroatoms. The van der Waals surface area contributed by atoms with Crippen LogP contribution in [0.1, 0.15) is 15.2 Å². The molecule has 0 radical (unpaired) electrons. The largest absolute Gasteiger partial charge is 0.477 e. The first kappa shape index (κ1) is 11.9. The summed E-state index contributed by atoms with van der Waals surface area (Å²) in [5.41, 5.74) is 2.83. The average molecular weight is 269 g/mol. The maximum absolute atomic E-state index is 11.4. The van der Waals surface area contributed by atoms with Crippen LogP contribution in [-0.2, 0) is 0 Å². The minimum absolute atomic E-state index is 0.345. The van der Waals surface area contributed by atoms with E-state index >= 15 is 0 Å². The van der Waals surface area contributed by atoms with Gasteiger partial charge >= 0.3 is 5.97 Å². The van der Waals surface area contributed by atoms with E-state index in [9.17, 15) is 9.90 Å². The molecule has 0 spiro atoms. The van der Waals surface area contributed by atoms with Gasteiger partial charge in [-0.05, 0) is 24.6 Å². The number of hydrogen-bond donors (Lipinski definition) is 1. The molecular weight excluding hydrogens is 258 g/mol. The number of aromatic nitrogens is 1. The summed E-state index contributed by atoms with van der Waals surface area (Å²) >= 11 is 1.22. The molecule has 0 saturated heterocycles. The SMILES string of the molecule is Cc1ccc(-c2c(C(=O)O)sc3ncccc23)cc1. The first-order valence-electron chi connectivity index (χ1n) is 5.84. The van der Waals surface area contributed by atoms with Crippen molar-refractivity contribution < 1.29 is 9.90 Å². The first-order valence-corrected chi connectivity index (χ1v) is 6.66. The minimum Gasteiger partial charge on any atom is -0.477 e. The maximum Gasteiger partial charge on any atom is 0.346 e. The Hall–Kier alpha value is -2.20. The lowest BCUT2D eigenvalue weighted by Crippen LogP contribution is -1.94. The predicted molar refractivity (Wildman–Crippen MR) is 76.8 cm³/mol. The molecule has 19 heavy (non-hydrogen) atoms. The van der Waals surface area contributed by atoms with E-state index in [1.54, 1.807) is 6.20 Å². The average Bonchev–Trinajstić information content (AvgIpc) is 2.79. The molecule has 0 fully saturated rings. The van der Waals surface area contributed by atoms with Crippen molar-refractivity contribution in [1.29, 1.82) is 0 Å². The van der Waals surface area contributed by atoms with Crippen LogP contribution in [0.2, 0.25) is 0 Å². The van der Waals surface area contributed by atoms with Crippen LogP contribution in [0.5, 0.6) is 0 Å². The fourth-order valence-corrected chi connectivity index (χ4v) is 3.09. The molecule has 0 atom stereocenters. The van der Waals surface area contributed by atoms with Gasteiger partial charge in [0.2, 0.25) is 0 Å². The highest BCUT2D eigenvalue weighted by atomic mass is 32.1. The Kier molecular flexibility index (Phi) is 2.80. The number of carboxylic acid groups (broad SMARTS) is 1. The summed E-state index contributed by atoms with van der Waals surface area (Å²) in [5.74, 6) is -0.904. The second-order valence-electron chi connectivity index (χ2n) is 4.33. The van der Waals surface area contributed by atoms with Crippen LogP contribution in [-0.4, -0.2) is 16.1 Å². The molecule has 0 unspecified atom stereocenters. The number of nitrogens with zero attached hydrogens (tertiary/aromatic N) is 1. The molecule has 0 aliphatic heterocycles. The quantitative estimate of drug-likeness (QED) is 0.765. The minimum atomic E-state index is -0.904. The van der Waals surface area contributed by atoms with Crippen LogP contribution in [0.4, 0.5) is 0 Å². The van der Waals surface area contributed by atoms with Crippen molar-refractivity contribution in [2.75, 3.05) is 0 Å². The molecule has 3 nitrogen and oxygen atoms in total. The number of aryl methyl sites for hydroxylation is 1. The molecule has 0 aliphatic rings. The van der Waals surface area contributed by atoms with E-state index in [1.807, 2.05) is 43.3 Å². The van der Waals surface area contributed by atoms with Crippen molar-refractivity contribution in [2.45, 2.75) is 6.92 Å². The van der Waals surface area contributed by atoms with Crippen LogP contribution < -0.4 is 0 Å². The summed E-state index contributed by atoms with van der Waals surface area (Å²) in [6, 6.07) is 11.6. The molecule has 2 heterocycles. The van der Waals surface area contributed by atoms with Crippen LogP contribution in [0.3, 0.4) is 0 Å². The number of carboxylic acids is 1. The van der Waals surface area contributed by atoms with Crippen molar-refractivity contribution in [3.05, 3.63) is 53.0 Å². The topological polar surface area (TPSA) is 50.2 Å². The normalized spacial score (nSPS) is 10.8.